The summed E-state index contributed by atoms with van der Waals surface area (Å²) in [4.78, 5) is 2.65. The summed E-state index contributed by atoms with van der Waals surface area (Å²) < 4.78 is 26.6. The normalized spacial score (nSPS) is 27.4. The monoisotopic (exact) mass is 440 g/mol. The highest BCUT2D eigenvalue weighted by Gasteiger charge is 2.44. The summed E-state index contributed by atoms with van der Waals surface area (Å²) >= 11 is 0. The summed E-state index contributed by atoms with van der Waals surface area (Å²) in [6, 6.07) is 7.71. The van der Waals surface area contributed by atoms with Gasteiger partial charge in [-0.2, -0.15) is 4.31 Å². The average Bonchev–Trinajstić information content (AvgIpc) is 2.68. The lowest BCUT2D eigenvalue weighted by Gasteiger charge is -2.51. The van der Waals surface area contributed by atoms with Gasteiger partial charge in [-0.1, -0.05) is 44.4 Å². The van der Waals surface area contributed by atoms with Gasteiger partial charge in [-0.05, 0) is 61.1 Å². The number of rotatable bonds is 6. The number of piperidine rings is 2. The van der Waals surface area contributed by atoms with Crippen molar-refractivity contribution < 1.29 is 8.42 Å². The first-order valence-corrected chi connectivity index (χ1v) is 13.1. The zero-order valence-corrected chi connectivity index (χ0v) is 19.6. The number of benzene rings is 1. The number of hydrogen-bond donors (Lipinski definition) is 0. The van der Waals surface area contributed by atoms with Crippen molar-refractivity contribution in [2.75, 3.05) is 25.9 Å². The number of unbranched alkanes of at least 4 members (excludes halogenated alkanes) is 3. The first kappa shape index (κ1) is 23.1. The Morgan fingerprint density at radius 2 is 1.97 bits per heavy atom. The summed E-state index contributed by atoms with van der Waals surface area (Å²) in [5.41, 5.74) is 4.43. The van der Waals surface area contributed by atoms with Crippen molar-refractivity contribution in [2.24, 2.45) is 5.92 Å². The molecule has 0 aromatic heterocycles. The summed E-state index contributed by atoms with van der Waals surface area (Å²) in [6.07, 6.45) is 12.0. The Bertz CT molecular complexity index is 798. The maximum Gasteiger partial charge on any atom is 0.211 e. The van der Waals surface area contributed by atoms with Crippen LogP contribution in [0.4, 0.5) is 0 Å². The van der Waals surface area contributed by atoms with E-state index in [1.165, 1.54) is 61.5 Å². The minimum absolute atomic E-state index is 0. The Balaban J connectivity index is 0.00000240. The van der Waals surface area contributed by atoms with E-state index in [-0.39, 0.29) is 18.4 Å². The van der Waals surface area contributed by atoms with Gasteiger partial charge in [0.15, 0.2) is 0 Å². The Morgan fingerprint density at radius 1 is 1.14 bits per heavy atom. The minimum atomic E-state index is -3.12. The van der Waals surface area contributed by atoms with Gasteiger partial charge in [-0.25, -0.2) is 8.42 Å². The number of nitrogens with zero attached hydrogens (tertiary/aromatic N) is 2. The molecule has 6 heteroatoms. The molecule has 0 aliphatic carbocycles. The number of sulfonamides is 1. The lowest BCUT2D eigenvalue weighted by Crippen LogP contribution is -2.57. The summed E-state index contributed by atoms with van der Waals surface area (Å²) in [5, 5.41) is 0. The molecule has 3 aliphatic rings. The van der Waals surface area contributed by atoms with E-state index in [2.05, 4.69) is 30.0 Å². The molecule has 0 bridgehead atoms. The van der Waals surface area contributed by atoms with Crippen LogP contribution in [0.1, 0.15) is 74.6 Å². The van der Waals surface area contributed by atoms with Crippen molar-refractivity contribution in [2.45, 2.75) is 76.8 Å². The van der Waals surface area contributed by atoms with Crippen LogP contribution in [-0.4, -0.2) is 49.6 Å². The summed E-state index contributed by atoms with van der Waals surface area (Å²) in [7, 11) is -3.12. The average molecular weight is 441 g/mol. The third-order valence-electron chi connectivity index (χ3n) is 7.22. The summed E-state index contributed by atoms with van der Waals surface area (Å²) in [5.74, 6) is 0.499. The molecule has 0 unspecified atom stereocenters. The topological polar surface area (TPSA) is 40.6 Å². The van der Waals surface area contributed by atoms with Crippen molar-refractivity contribution in [1.82, 2.24) is 9.21 Å². The van der Waals surface area contributed by atoms with E-state index >= 15 is 0 Å². The Hall–Kier alpha value is -0.620. The first-order valence-electron chi connectivity index (χ1n) is 11.3. The van der Waals surface area contributed by atoms with Crippen LogP contribution in [0.5, 0.6) is 0 Å². The predicted octanol–water partition coefficient (Wildman–Crippen LogP) is 4.57. The molecule has 4 rings (SSSR count). The highest BCUT2D eigenvalue weighted by Crippen LogP contribution is 2.43. The van der Waals surface area contributed by atoms with Crippen molar-refractivity contribution in [1.29, 1.82) is 0 Å². The molecular weight excluding hydrogens is 404 g/mol. The van der Waals surface area contributed by atoms with Crippen LogP contribution in [0, 0.1) is 5.92 Å². The van der Waals surface area contributed by atoms with Crippen LogP contribution in [0.25, 0.3) is 0 Å². The van der Waals surface area contributed by atoms with E-state index in [9.17, 15) is 8.42 Å². The molecule has 1 aromatic carbocycles. The first-order chi connectivity index (χ1) is 13.5. The second-order valence-electron chi connectivity index (χ2n) is 9.18. The fourth-order valence-corrected chi connectivity index (χ4v) is 6.98. The van der Waals surface area contributed by atoms with Crippen molar-refractivity contribution in [3.05, 3.63) is 34.9 Å². The highest BCUT2D eigenvalue weighted by molar-refractivity contribution is 7.88. The molecule has 0 spiro atoms. The van der Waals surface area contributed by atoms with Crippen LogP contribution < -0.4 is 0 Å². The molecule has 0 radical (unpaired) electrons. The Morgan fingerprint density at radius 3 is 2.72 bits per heavy atom. The van der Waals surface area contributed by atoms with Gasteiger partial charge in [0, 0.05) is 31.7 Å². The van der Waals surface area contributed by atoms with Gasteiger partial charge >= 0.3 is 0 Å². The van der Waals surface area contributed by atoms with Crippen LogP contribution in [0.2, 0.25) is 0 Å². The van der Waals surface area contributed by atoms with Gasteiger partial charge in [0.2, 0.25) is 10.0 Å². The lowest BCUT2D eigenvalue weighted by atomic mass is 9.77. The van der Waals surface area contributed by atoms with Crippen LogP contribution in [0.15, 0.2) is 18.2 Å². The standard InChI is InChI=1S/C23H36N2O2S.ClH/c1-3-4-5-6-8-18-10-11-19-12-14-24-17-20-9-7-13-25(28(2,26)27)22(20)16-23(24)21(19)15-18;/h10-11,15,20,22-23H,3-9,12-14,16-17H2,1-2H3;1H/t20-,22+,23-;/m1./s1. The van der Waals surface area contributed by atoms with E-state index < -0.39 is 10.0 Å². The van der Waals surface area contributed by atoms with Gasteiger partial charge in [0.05, 0.1) is 6.26 Å². The van der Waals surface area contributed by atoms with Gasteiger partial charge in [-0.3, -0.25) is 4.90 Å². The molecule has 1 aromatic rings. The van der Waals surface area contributed by atoms with E-state index in [4.69, 9.17) is 0 Å². The highest BCUT2D eigenvalue weighted by atomic mass is 35.5. The van der Waals surface area contributed by atoms with E-state index in [1.807, 2.05) is 4.31 Å². The van der Waals surface area contributed by atoms with E-state index in [0.717, 1.165) is 32.4 Å². The largest absolute Gasteiger partial charge is 0.296 e. The quantitative estimate of drug-likeness (QED) is 0.608. The number of aryl methyl sites for hydroxylation is 1. The van der Waals surface area contributed by atoms with Crippen molar-refractivity contribution in [3.63, 3.8) is 0 Å². The lowest BCUT2D eigenvalue weighted by molar-refractivity contribution is 0.0222. The van der Waals surface area contributed by atoms with Crippen LogP contribution in [0.3, 0.4) is 0 Å². The molecule has 3 aliphatic heterocycles. The SMILES string of the molecule is CCCCCCc1ccc2c(c1)[C@H]1C[C@H]3[C@H](CCCN3S(C)(=O)=O)CN1CC2.Cl. The minimum Gasteiger partial charge on any atom is -0.296 e. The molecular formula is C23H37ClN2O2S. The second kappa shape index (κ2) is 9.67. The molecule has 0 saturated carbocycles. The third-order valence-corrected chi connectivity index (χ3v) is 8.53. The molecule has 4 nitrogen and oxygen atoms in total. The molecule has 0 amide bonds. The second-order valence-corrected chi connectivity index (χ2v) is 11.1. The van der Waals surface area contributed by atoms with Gasteiger partial charge in [0.1, 0.15) is 0 Å². The molecule has 164 valence electrons. The molecule has 29 heavy (non-hydrogen) atoms. The zero-order valence-electron chi connectivity index (χ0n) is 18.0. The number of fused-ring (bicyclic) bond motifs is 4. The van der Waals surface area contributed by atoms with Crippen LogP contribution in [-0.2, 0) is 22.9 Å². The number of hydrogen-bond acceptors (Lipinski definition) is 3. The number of halogens is 1. The fraction of sp³-hybridized carbons (Fsp3) is 0.739. The van der Waals surface area contributed by atoms with E-state index in [0.29, 0.717) is 18.5 Å². The van der Waals surface area contributed by atoms with Gasteiger partial charge in [0.25, 0.3) is 0 Å². The van der Waals surface area contributed by atoms with Crippen molar-refractivity contribution in [3.8, 4) is 0 Å². The smallest absolute Gasteiger partial charge is 0.211 e. The molecule has 2 fully saturated rings. The van der Waals surface area contributed by atoms with Crippen molar-refractivity contribution >= 4 is 22.4 Å². The maximum atomic E-state index is 12.4. The molecule has 2 saturated heterocycles. The van der Waals surface area contributed by atoms with Crippen LogP contribution >= 0.6 is 12.4 Å². The predicted molar refractivity (Wildman–Crippen MR) is 122 cm³/mol. The molecule has 0 N–H and O–H groups in total. The zero-order chi connectivity index (χ0) is 19.7. The maximum absolute atomic E-state index is 12.4. The Kier molecular flexibility index (Phi) is 7.69. The van der Waals surface area contributed by atoms with Gasteiger partial charge < -0.3 is 0 Å². The third kappa shape index (κ3) is 5.00. The van der Waals surface area contributed by atoms with E-state index in [1.54, 1.807) is 0 Å². The fourth-order valence-electron chi connectivity index (χ4n) is 5.77. The molecule has 3 heterocycles. The Labute approximate surface area is 183 Å². The van der Waals surface area contributed by atoms with Gasteiger partial charge in [-0.15, -0.1) is 12.4 Å². The molecule has 3 atom stereocenters. The summed E-state index contributed by atoms with van der Waals surface area (Å²) in [6.45, 7) is 5.14.